The molecule has 0 aliphatic rings. The highest BCUT2D eigenvalue weighted by Crippen LogP contribution is 2.17. The summed E-state index contributed by atoms with van der Waals surface area (Å²) < 4.78 is 0. The van der Waals surface area contributed by atoms with E-state index in [-0.39, 0.29) is 11.5 Å². The van der Waals surface area contributed by atoms with E-state index in [4.69, 9.17) is 5.11 Å². The first-order valence-corrected chi connectivity index (χ1v) is 6.06. The highest BCUT2D eigenvalue weighted by Gasteiger charge is 2.11. The lowest BCUT2D eigenvalue weighted by Gasteiger charge is -2.09. The summed E-state index contributed by atoms with van der Waals surface area (Å²) in [4.78, 5) is 27.1. The molecule has 1 amide bonds. The van der Waals surface area contributed by atoms with E-state index >= 15 is 0 Å². The van der Waals surface area contributed by atoms with Crippen LogP contribution < -0.4 is 5.32 Å². The van der Waals surface area contributed by atoms with Crippen LogP contribution in [0.5, 0.6) is 0 Å². The van der Waals surface area contributed by atoms with Crippen molar-refractivity contribution in [1.29, 1.82) is 0 Å². The van der Waals surface area contributed by atoms with Gasteiger partial charge in [0.15, 0.2) is 0 Å². The molecule has 0 aliphatic carbocycles. The number of nitrogens with one attached hydrogen (secondary N) is 1. The molecule has 2 rings (SSSR count). The molecule has 0 radical (unpaired) electrons. The summed E-state index contributed by atoms with van der Waals surface area (Å²) in [6, 6.07) is 9.75. The van der Waals surface area contributed by atoms with Gasteiger partial charge in [-0.05, 0) is 43.7 Å². The van der Waals surface area contributed by atoms with Gasteiger partial charge >= 0.3 is 5.97 Å². The highest BCUT2D eigenvalue weighted by atomic mass is 16.4. The van der Waals surface area contributed by atoms with Crippen LogP contribution in [0.2, 0.25) is 0 Å². The van der Waals surface area contributed by atoms with Crippen molar-refractivity contribution in [2.24, 2.45) is 0 Å². The number of rotatable bonds is 3. The highest BCUT2D eigenvalue weighted by molar-refractivity contribution is 6.04. The van der Waals surface area contributed by atoms with Gasteiger partial charge in [-0.2, -0.15) is 0 Å². The van der Waals surface area contributed by atoms with Crippen LogP contribution in [0.3, 0.4) is 0 Å². The Hall–Kier alpha value is -2.69. The molecule has 5 heteroatoms. The van der Waals surface area contributed by atoms with Gasteiger partial charge in [-0.1, -0.05) is 12.1 Å². The van der Waals surface area contributed by atoms with E-state index in [1.807, 2.05) is 0 Å². The maximum Gasteiger partial charge on any atom is 0.335 e. The Labute approximate surface area is 116 Å². The van der Waals surface area contributed by atoms with Gasteiger partial charge in [-0.3, -0.25) is 4.79 Å². The first-order valence-electron chi connectivity index (χ1n) is 6.06. The SMILES string of the molecule is Cc1cccc(C(=O)Nc2cc(C(=O)O)ccc2C)n1. The summed E-state index contributed by atoms with van der Waals surface area (Å²) in [5.41, 5.74) is 2.43. The number of hydrogen-bond acceptors (Lipinski definition) is 3. The number of hydrogen-bond donors (Lipinski definition) is 2. The van der Waals surface area contributed by atoms with Crippen molar-refractivity contribution < 1.29 is 14.7 Å². The second-order valence-electron chi connectivity index (χ2n) is 4.45. The molecule has 2 N–H and O–H groups in total. The molecule has 0 spiro atoms. The van der Waals surface area contributed by atoms with Crippen molar-refractivity contribution in [3.8, 4) is 0 Å². The number of carboxylic acid groups (broad SMARTS) is 1. The molecule has 0 saturated heterocycles. The average Bonchev–Trinajstić information content (AvgIpc) is 2.41. The maximum absolute atomic E-state index is 12.1. The number of aromatic carboxylic acids is 1. The number of aryl methyl sites for hydroxylation is 2. The fourth-order valence-electron chi connectivity index (χ4n) is 1.75. The molecule has 20 heavy (non-hydrogen) atoms. The van der Waals surface area contributed by atoms with Crippen LogP contribution in [0, 0.1) is 13.8 Å². The molecule has 1 aromatic carbocycles. The Kier molecular flexibility index (Phi) is 3.79. The first kappa shape index (κ1) is 13.7. The number of amides is 1. The van der Waals surface area contributed by atoms with Gasteiger partial charge in [-0.15, -0.1) is 0 Å². The standard InChI is InChI=1S/C15H14N2O3/c1-9-6-7-11(15(19)20)8-13(9)17-14(18)12-5-3-4-10(2)16-12/h3-8H,1-2H3,(H,17,18)(H,19,20). The van der Waals surface area contributed by atoms with Crippen molar-refractivity contribution in [2.45, 2.75) is 13.8 Å². The third-order valence-electron chi connectivity index (χ3n) is 2.85. The van der Waals surface area contributed by atoms with Crippen molar-refractivity contribution in [1.82, 2.24) is 4.98 Å². The lowest BCUT2D eigenvalue weighted by molar-refractivity contribution is 0.0696. The maximum atomic E-state index is 12.1. The Balaban J connectivity index is 2.27. The minimum Gasteiger partial charge on any atom is -0.478 e. The summed E-state index contributed by atoms with van der Waals surface area (Å²) in [5.74, 6) is -1.39. The summed E-state index contributed by atoms with van der Waals surface area (Å²) in [5, 5.41) is 11.6. The monoisotopic (exact) mass is 270 g/mol. The largest absolute Gasteiger partial charge is 0.478 e. The summed E-state index contributed by atoms with van der Waals surface area (Å²) in [6.45, 7) is 3.60. The fourth-order valence-corrected chi connectivity index (χ4v) is 1.75. The minimum absolute atomic E-state index is 0.128. The van der Waals surface area contributed by atoms with Gasteiger partial charge in [0.1, 0.15) is 5.69 Å². The smallest absolute Gasteiger partial charge is 0.335 e. The number of pyridine rings is 1. The Morgan fingerprint density at radius 1 is 1.15 bits per heavy atom. The van der Waals surface area contributed by atoms with E-state index in [9.17, 15) is 9.59 Å². The summed E-state index contributed by atoms with van der Waals surface area (Å²) >= 11 is 0. The van der Waals surface area contributed by atoms with Gasteiger partial charge in [0.05, 0.1) is 5.56 Å². The van der Waals surface area contributed by atoms with E-state index in [1.165, 1.54) is 12.1 Å². The second-order valence-corrected chi connectivity index (χ2v) is 4.45. The summed E-state index contributed by atoms with van der Waals surface area (Å²) in [7, 11) is 0. The molecular formula is C15H14N2O3. The van der Waals surface area contributed by atoms with Crippen LogP contribution in [-0.4, -0.2) is 22.0 Å². The third kappa shape index (κ3) is 3.00. The van der Waals surface area contributed by atoms with Crippen LogP contribution in [0.15, 0.2) is 36.4 Å². The molecule has 0 fully saturated rings. The molecule has 0 aliphatic heterocycles. The molecule has 0 saturated carbocycles. The third-order valence-corrected chi connectivity index (χ3v) is 2.85. The zero-order valence-corrected chi connectivity index (χ0v) is 11.2. The molecular weight excluding hydrogens is 256 g/mol. The first-order chi connectivity index (χ1) is 9.47. The van der Waals surface area contributed by atoms with Crippen molar-refractivity contribution in [2.75, 3.05) is 5.32 Å². The van der Waals surface area contributed by atoms with E-state index in [1.54, 1.807) is 38.1 Å². The molecule has 0 unspecified atom stereocenters. The summed E-state index contributed by atoms with van der Waals surface area (Å²) in [6.07, 6.45) is 0. The average molecular weight is 270 g/mol. The molecule has 0 bridgehead atoms. The van der Waals surface area contributed by atoms with Crippen LogP contribution in [0.25, 0.3) is 0 Å². The van der Waals surface area contributed by atoms with Gasteiger partial charge in [0.2, 0.25) is 0 Å². The number of carboxylic acids is 1. The second kappa shape index (κ2) is 5.52. The van der Waals surface area contributed by atoms with Gasteiger partial charge in [0, 0.05) is 11.4 Å². The fraction of sp³-hybridized carbons (Fsp3) is 0.133. The normalized spacial score (nSPS) is 10.1. The number of anilines is 1. The molecule has 2 aromatic rings. The lowest BCUT2D eigenvalue weighted by Crippen LogP contribution is -2.15. The molecule has 5 nitrogen and oxygen atoms in total. The van der Waals surface area contributed by atoms with Crippen LogP contribution in [0.1, 0.15) is 32.1 Å². The Morgan fingerprint density at radius 3 is 2.55 bits per heavy atom. The number of aromatic nitrogens is 1. The van der Waals surface area contributed by atoms with Gasteiger partial charge in [0.25, 0.3) is 5.91 Å². The van der Waals surface area contributed by atoms with Crippen LogP contribution >= 0.6 is 0 Å². The zero-order chi connectivity index (χ0) is 14.7. The van der Waals surface area contributed by atoms with Crippen LogP contribution in [0.4, 0.5) is 5.69 Å². The topological polar surface area (TPSA) is 79.3 Å². The molecule has 0 atom stereocenters. The number of benzene rings is 1. The van der Waals surface area contributed by atoms with E-state index in [0.717, 1.165) is 11.3 Å². The Morgan fingerprint density at radius 2 is 1.90 bits per heavy atom. The predicted octanol–water partition coefficient (Wildman–Crippen LogP) is 2.65. The Bertz CT molecular complexity index is 681. The number of carbonyl (C=O) groups is 2. The van der Waals surface area contributed by atoms with Crippen molar-refractivity contribution in [3.05, 3.63) is 58.9 Å². The minimum atomic E-state index is -1.03. The van der Waals surface area contributed by atoms with Crippen LogP contribution in [-0.2, 0) is 0 Å². The zero-order valence-electron chi connectivity index (χ0n) is 11.2. The molecule has 1 aromatic heterocycles. The van der Waals surface area contributed by atoms with E-state index in [0.29, 0.717) is 11.4 Å². The molecule has 102 valence electrons. The predicted molar refractivity (Wildman–Crippen MR) is 75.1 cm³/mol. The van der Waals surface area contributed by atoms with Gasteiger partial charge < -0.3 is 10.4 Å². The van der Waals surface area contributed by atoms with Gasteiger partial charge in [-0.25, -0.2) is 9.78 Å². The number of nitrogens with zero attached hydrogens (tertiary/aromatic N) is 1. The van der Waals surface area contributed by atoms with E-state index in [2.05, 4.69) is 10.3 Å². The quantitative estimate of drug-likeness (QED) is 0.898. The lowest BCUT2D eigenvalue weighted by atomic mass is 10.1. The van der Waals surface area contributed by atoms with E-state index < -0.39 is 5.97 Å². The number of carbonyl (C=O) groups excluding carboxylic acids is 1. The van der Waals surface area contributed by atoms with Crippen molar-refractivity contribution in [3.63, 3.8) is 0 Å². The van der Waals surface area contributed by atoms with Crippen molar-refractivity contribution >= 4 is 17.6 Å². The molecule has 1 heterocycles.